The van der Waals surface area contributed by atoms with E-state index in [0.29, 0.717) is 11.3 Å². The molecule has 1 heterocycles. The molecule has 1 saturated carbocycles. The van der Waals surface area contributed by atoms with Crippen LogP contribution in [-0.4, -0.2) is 26.2 Å². The van der Waals surface area contributed by atoms with E-state index in [9.17, 15) is 8.42 Å². The molecule has 0 radical (unpaired) electrons. The molecule has 0 aliphatic heterocycles. The minimum absolute atomic E-state index is 0.0518. The summed E-state index contributed by atoms with van der Waals surface area (Å²) in [5.74, 6) is 1.56. The van der Waals surface area contributed by atoms with E-state index in [2.05, 4.69) is 24.1 Å². The number of pyridine rings is 1. The average molecular weight is 282 g/mol. The molecule has 0 amide bonds. The van der Waals surface area contributed by atoms with Crippen LogP contribution >= 0.6 is 0 Å². The second-order valence-corrected chi connectivity index (χ2v) is 8.13. The van der Waals surface area contributed by atoms with E-state index in [0.717, 1.165) is 17.9 Å². The summed E-state index contributed by atoms with van der Waals surface area (Å²) >= 11 is 0. The van der Waals surface area contributed by atoms with Gasteiger partial charge in [-0.3, -0.25) is 0 Å². The van der Waals surface area contributed by atoms with Gasteiger partial charge < -0.3 is 5.32 Å². The van der Waals surface area contributed by atoms with Crippen LogP contribution in [0.3, 0.4) is 0 Å². The molecule has 1 aromatic heterocycles. The highest BCUT2D eigenvalue weighted by molar-refractivity contribution is 7.89. The van der Waals surface area contributed by atoms with Gasteiger partial charge in [0.05, 0.1) is 5.75 Å². The largest absolute Gasteiger partial charge is 0.370 e. The Labute approximate surface area is 115 Å². The first kappa shape index (κ1) is 14.3. The first-order chi connectivity index (χ1) is 8.81. The van der Waals surface area contributed by atoms with Crippen molar-refractivity contribution in [3.63, 3.8) is 0 Å². The molecule has 1 aliphatic rings. The molecule has 0 unspecified atom stereocenters. The zero-order valence-corrected chi connectivity index (χ0v) is 12.6. The summed E-state index contributed by atoms with van der Waals surface area (Å²) in [7, 11) is -2.99. The van der Waals surface area contributed by atoms with Crippen LogP contribution in [0.25, 0.3) is 0 Å². The van der Waals surface area contributed by atoms with Crippen molar-refractivity contribution >= 4 is 15.7 Å². The monoisotopic (exact) mass is 282 g/mol. The van der Waals surface area contributed by atoms with Crippen molar-refractivity contribution in [2.75, 3.05) is 18.1 Å². The zero-order valence-electron chi connectivity index (χ0n) is 11.8. The van der Waals surface area contributed by atoms with Crippen LogP contribution in [0, 0.1) is 11.3 Å². The number of hydrogen-bond donors (Lipinski definition) is 1. The summed E-state index contributed by atoms with van der Waals surface area (Å²) in [6, 6.07) is 3.68. The first-order valence-electron chi connectivity index (χ1n) is 6.67. The van der Waals surface area contributed by atoms with E-state index in [1.165, 1.54) is 19.1 Å². The summed E-state index contributed by atoms with van der Waals surface area (Å²) in [5.41, 5.74) is 1.17. The average Bonchev–Trinajstić information content (AvgIpc) is 3.07. The van der Waals surface area contributed by atoms with E-state index < -0.39 is 9.84 Å². The molecule has 0 bridgehead atoms. The summed E-state index contributed by atoms with van der Waals surface area (Å²) in [6.07, 6.45) is 5.44. The van der Waals surface area contributed by atoms with Gasteiger partial charge in [0.2, 0.25) is 0 Å². The van der Waals surface area contributed by atoms with Crippen molar-refractivity contribution in [1.82, 2.24) is 4.98 Å². The highest BCUT2D eigenvalue weighted by atomic mass is 32.2. The Kier molecular flexibility index (Phi) is 3.85. The second-order valence-electron chi connectivity index (χ2n) is 5.99. The van der Waals surface area contributed by atoms with E-state index in [-0.39, 0.29) is 5.75 Å². The third-order valence-corrected chi connectivity index (χ3v) is 4.85. The predicted octanol–water partition coefficient (Wildman–Crippen LogP) is 2.47. The van der Waals surface area contributed by atoms with Crippen LogP contribution in [0.2, 0.25) is 0 Å². The first-order valence-corrected chi connectivity index (χ1v) is 8.73. The minimum atomic E-state index is -2.99. The lowest BCUT2D eigenvalue weighted by atomic mass is 9.92. The summed E-state index contributed by atoms with van der Waals surface area (Å²) in [6.45, 7) is 5.47. The normalized spacial score (nSPS) is 17.5. The van der Waals surface area contributed by atoms with Gasteiger partial charge in [-0.05, 0) is 35.8 Å². The Balaban J connectivity index is 1.92. The molecule has 0 saturated heterocycles. The fourth-order valence-corrected chi connectivity index (χ4v) is 3.08. The Morgan fingerprint density at radius 2 is 2.05 bits per heavy atom. The molecule has 0 spiro atoms. The SMILES string of the molecule is CC(C)C1(CNc2ccc(CS(C)(=O)=O)cn2)CC1. The number of nitrogens with one attached hydrogen (secondary N) is 1. The maximum absolute atomic E-state index is 11.2. The van der Waals surface area contributed by atoms with Crippen molar-refractivity contribution in [2.24, 2.45) is 11.3 Å². The standard InChI is InChI=1S/C14H22N2O2S/c1-11(2)14(6-7-14)10-16-13-5-4-12(8-15-13)9-19(3,17)18/h4-5,8,11H,6-7,9-10H2,1-3H3,(H,15,16). The van der Waals surface area contributed by atoms with E-state index in [1.807, 2.05) is 12.1 Å². The van der Waals surface area contributed by atoms with Gasteiger partial charge in [0.1, 0.15) is 5.82 Å². The van der Waals surface area contributed by atoms with Crippen LogP contribution in [0.15, 0.2) is 18.3 Å². The van der Waals surface area contributed by atoms with Gasteiger partial charge in [-0.25, -0.2) is 13.4 Å². The molecule has 5 heteroatoms. The van der Waals surface area contributed by atoms with Crippen molar-refractivity contribution < 1.29 is 8.42 Å². The smallest absolute Gasteiger partial charge is 0.151 e. The van der Waals surface area contributed by atoms with Gasteiger partial charge in [0.25, 0.3) is 0 Å². The third kappa shape index (κ3) is 3.93. The molecule has 1 aromatic rings. The van der Waals surface area contributed by atoms with E-state index >= 15 is 0 Å². The number of aromatic nitrogens is 1. The lowest BCUT2D eigenvalue weighted by Gasteiger charge is -2.20. The van der Waals surface area contributed by atoms with Crippen molar-refractivity contribution in [2.45, 2.75) is 32.4 Å². The highest BCUT2D eigenvalue weighted by Crippen LogP contribution is 2.51. The van der Waals surface area contributed by atoms with Crippen LogP contribution in [-0.2, 0) is 15.6 Å². The van der Waals surface area contributed by atoms with Crippen LogP contribution in [0.1, 0.15) is 32.3 Å². The van der Waals surface area contributed by atoms with Crippen molar-refractivity contribution in [1.29, 1.82) is 0 Å². The fourth-order valence-electron chi connectivity index (χ4n) is 2.30. The Morgan fingerprint density at radius 3 is 2.47 bits per heavy atom. The topological polar surface area (TPSA) is 59.1 Å². The lowest BCUT2D eigenvalue weighted by Crippen LogP contribution is -2.21. The predicted molar refractivity (Wildman–Crippen MR) is 77.8 cm³/mol. The molecular weight excluding hydrogens is 260 g/mol. The van der Waals surface area contributed by atoms with E-state index in [4.69, 9.17) is 0 Å². The molecule has 0 atom stereocenters. The van der Waals surface area contributed by atoms with Gasteiger partial charge in [-0.1, -0.05) is 19.9 Å². The third-order valence-electron chi connectivity index (χ3n) is 3.99. The Bertz CT molecular complexity index is 531. The van der Waals surface area contributed by atoms with Gasteiger partial charge >= 0.3 is 0 Å². The number of hydrogen-bond acceptors (Lipinski definition) is 4. The van der Waals surface area contributed by atoms with Gasteiger partial charge in [-0.2, -0.15) is 0 Å². The van der Waals surface area contributed by atoms with Crippen LogP contribution in [0.4, 0.5) is 5.82 Å². The van der Waals surface area contributed by atoms with Gasteiger partial charge in [-0.15, -0.1) is 0 Å². The molecule has 2 rings (SSSR count). The maximum Gasteiger partial charge on any atom is 0.151 e. The quantitative estimate of drug-likeness (QED) is 0.871. The minimum Gasteiger partial charge on any atom is -0.370 e. The molecule has 19 heavy (non-hydrogen) atoms. The Morgan fingerprint density at radius 1 is 1.37 bits per heavy atom. The van der Waals surface area contributed by atoms with Crippen molar-refractivity contribution in [3.8, 4) is 0 Å². The van der Waals surface area contributed by atoms with Crippen LogP contribution in [0.5, 0.6) is 0 Å². The highest BCUT2D eigenvalue weighted by Gasteiger charge is 2.44. The second kappa shape index (κ2) is 5.12. The summed E-state index contributed by atoms with van der Waals surface area (Å²) in [4.78, 5) is 4.28. The van der Waals surface area contributed by atoms with Gasteiger partial charge in [0, 0.05) is 19.0 Å². The lowest BCUT2D eigenvalue weighted by molar-refractivity contribution is 0.380. The number of anilines is 1. The zero-order chi connectivity index (χ0) is 14.1. The molecule has 4 nitrogen and oxygen atoms in total. The molecule has 1 fully saturated rings. The van der Waals surface area contributed by atoms with Crippen molar-refractivity contribution in [3.05, 3.63) is 23.9 Å². The van der Waals surface area contributed by atoms with Gasteiger partial charge in [0.15, 0.2) is 9.84 Å². The molecule has 0 aromatic carbocycles. The van der Waals surface area contributed by atoms with E-state index in [1.54, 1.807) is 6.20 Å². The molecular formula is C14H22N2O2S. The maximum atomic E-state index is 11.2. The Hall–Kier alpha value is -1.10. The fraction of sp³-hybridized carbons (Fsp3) is 0.643. The number of sulfone groups is 1. The summed E-state index contributed by atoms with van der Waals surface area (Å²) < 4.78 is 22.4. The molecule has 106 valence electrons. The summed E-state index contributed by atoms with van der Waals surface area (Å²) in [5, 5.41) is 3.36. The number of rotatable bonds is 6. The van der Waals surface area contributed by atoms with Crippen LogP contribution < -0.4 is 5.32 Å². The number of nitrogens with zero attached hydrogens (tertiary/aromatic N) is 1. The molecule has 1 aliphatic carbocycles. The molecule has 1 N–H and O–H groups in total.